The Labute approximate surface area is 130 Å². The minimum Gasteiger partial charge on any atom is -0.324 e. The molecule has 1 heterocycles. The molecule has 0 aromatic heterocycles. The molecule has 0 aliphatic carbocycles. The number of anilines is 1. The molecule has 2 aromatic rings. The van der Waals surface area contributed by atoms with E-state index in [2.05, 4.69) is 26.6 Å². The second kappa shape index (κ2) is 5.95. The molecular formula is C16H14BrFN2O. The van der Waals surface area contributed by atoms with E-state index in [0.717, 1.165) is 27.7 Å². The van der Waals surface area contributed by atoms with Crippen molar-refractivity contribution in [3.05, 3.63) is 63.9 Å². The molecule has 0 saturated carbocycles. The summed E-state index contributed by atoms with van der Waals surface area (Å²) in [5.41, 5.74) is 2.84. The number of halogens is 2. The van der Waals surface area contributed by atoms with E-state index in [4.69, 9.17) is 0 Å². The average molecular weight is 349 g/mol. The van der Waals surface area contributed by atoms with Crippen LogP contribution in [-0.2, 0) is 11.2 Å². The first kappa shape index (κ1) is 14.2. The Morgan fingerprint density at radius 1 is 1.19 bits per heavy atom. The van der Waals surface area contributed by atoms with Gasteiger partial charge >= 0.3 is 0 Å². The van der Waals surface area contributed by atoms with Gasteiger partial charge in [-0.2, -0.15) is 0 Å². The highest BCUT2D eigenvalue weighted by atomic mass is 79.9. The predicted octanol–water partition coefficient (Wildman–Crippen LogP) is 3.41. The SMILES string of the molecule is O=C1Nc2cc(Br)ccc2C1NCCc1ccc(F)cc1. The summed E-state index contributed by atoms with van der Waals surface area (Å²) in [7, 11) is 0. The lowest BCUT2D eigenvalue weighted by molar-refractivity contribution is -0.117. The number of benzene rings is 2. The first-order valence-electron chi connectivity index (χ1n) is 6.71. The summed E-state index contributed by atoms with van der Waals surface area (Å²) in [5.74, 6) is -0.274. The maximum atomic E-state index is 12.8. The van der Waals surface area contributed by atoms with Crippen molar-refractivity contribution in [3.63, 3.8) is 0 Å². The molecule has 0 saturated heterocycles. The first-order valence-corrected chi connectivity index (χ1v) is 7.51. The molecule has 3 rings (SSSR count). The summed E-state index contributed by atoms with van der Waals surface area (Å²) in [6, 6.07) is 11.9. The third kappa shape index (κ3) is 3.14. The van der Waals surface area contributed by atoms with Gasteiger partial charge in [-0.15, -0.1) is 0 Å². The molecule has 2 N–H and O–H groups in total. The van der Waals surface area contributed by atoms with Crippen molar-refractivity contribution < 1.29 is 9.18 Å². The van der Waals surface area contributed by atoms with Crippen molar-refractivity contribution in [1.29, 1.82) is 0 Å². The van der Waals surface area contributed by atoms with Gasteiger partial charge in [0.15, 0.2) is 0 Å². The minimum absolute atomic E-state index is 0.0396. The Morgan fingerprint density at radius 3 is 2.71 bits per heavy atom. The van der Waals surface area contributed by atoms with Gasteiger partial charge in [-0.1, -0.05) is 34.1 Å². The molecule has 1 atom stereocenters. The van der Waals surface area contributed by atoms with Gasteiger partial charge in [0.2, 0.25) is 5.91 Å². The highest BCUT2D eigenvalue weighted by Gasteiger charge is 2.29. The van der Waals surface area contributed by atoms with E-state index in [1.165, 1.54) is 12.1 Å². The van der Waals surface area contributed by atoms with Crippen LogP contribution in [0.4, 0.5) is 10.1 Å². The van der Waals surface area contributed by atoms with Gasteiger partial charge in [0, 0.05) is 22.3 Å². The third-order valence-corrected chi connectivity index (χ3v) is 4.02. The number of nitrogens with one attached hydrogen (secondary N) is 2. The fourth-order valence-electron chi connectivity index (χ4n) is 2.45. The van der Waals surface area contributed by atoms with Gasteiger partial charge in [0.05, 0.1) is 0 Å². The van der Waals surface area contributed by atoms with Crippen molar-refractivity contribution in [2.75, 3.05) is 11.9 Å². The number of fused-ring (bicyclic) bond motifs is 1. The van der Waals surface area contributed by atoms with Crippen LogP contribution in [0.25, 0.3) is 0 Å². The molecule has 1 amide bonds. The smallest absolute Gasteiger partial charge is 0.246 e. The molecule has 108 valence electrons. The van der Waals surface area contributed by atoms with Gasteiger partial charge in [-0.3, -0.25) is 4.79 Å². The summed E-state index contributed by atoms with van der Waals surface area (Å²) in [4.78, 5) is 12.0. The number of hydrogen-bond donors (Lipinski definition) is 2. The molecule has 2 aromatic carbocycles. The molecule has 1 aliphatic rings. The highest BCUT2D eigenvalue weighted by Crippen LogP contribution is 2.32. The number of rotatable bonds is 4. The second-order valence-corrected chi connectivity index (χ2v) is 5.90. The van der Waals surface area contributed by atoms with Crippen LogP contribution in [0.3, 0.4) is 0 Å². The summed E-state index contributed by atoms with van der Waals surface area (Å²) in [6.45, 7) is 0.652. The Kier molecular flexibility index (Phi) is 4.03. The summed E-state index contributed by atoms with van der Waals surface area (Å²) >= 11 is 3.39. The largest absolute Gasteiger partial charge is 0.324 e. The molecule has 0 bridgehead atoms. The zero-order valence-corrected chi connectivity index (χ0v) is 12.8. The van der Waals surface area contributed by atoms with Crippen LogP contribution in [0.5, 0.6) is 0 Å². The van der Waals surface area contributed by atoms with Crippen molar-refractivity contribution in [3.8, 4) is 0 Å². The van der Waals surface area contributed by atoms with E-state index in [0.29, 0.717) is 6.54 Å². The van der Waals surface area contributed by atoms with E-state index in [-0.39, 0.29) is 17.8 Å². The Hall–Kier alpha value is -1.72. The van der Waals surface area contributed by atoms with Crippen LogP contribution in [0.1, 0.15) is 17.2 Å². The summed E-state index contributed by atoms with van der Waals surface area (Å²) in [6.07, 6.45) is 0.746. The number of amides is 1. The maximum absolute atomic E-state index is 12.8. The zero-order valence-electron chi connectivity index (χ0n) is 11.2. The van der Waals surface area contributed by atoms with Crippen molar-refractivity contribution in [1.82, 2.24) is 5.32 Å². The molecule has 21 heavy (non-hydrogen) atoms. The second-order valence-electron chi connectivity index (χ2n) is 4.98. The monoisotopic (exact) mass is 348 g/mol. The van der Waals surface area contributed by atoms with Gasteiger partial charge in [0.1, 0.15) is 11.9 Å². The molecule has 5 heteroatoms. The average Bonchev–Trinajstić information content (AvgIpc) is 2.76. The Bertz CT molecular complexity index is 672. The van der Waals surface area contributed by atoms with E-state index >= 15 is 0 Å². The Balaban J connectivity index is 1.63. The molecule has 0 spiro atoms. The van der Waals surface area contributed by atoms with Gasteiger partial charge in [-0.05, 0) is 36.2 Å². The zero-order chi connectivity index (χ0) is 14.8. The highest BCUT2D eigenvalue weighted by molar-refractivity contribution is 9.10. The standard InChI is InChI=1S/C16H14BrFN2O/c17-11-3-6-13-14(9-11)20-16(21)15(13)19-8-7-10-1-4-12(18)5-2-10/h1-6,9,15,19H,7-8H2,(H,20,21). The molecule has 3 nitrogen and oxygen atoms in total. The van der Waals surface area contributed by atoms with Crippen molar-refractivity contribution >= 4 is 27.5 Å². The molecular weight excluding hydrogens is 335 g/mol. The van der Waals surface area contributed by atoms with Crippen LogP contribution in [0.15, 0.2) is 46.9 Å². The minimum atomic E-state index is -0.325. The predicted molar refractivity (Wildman–Crippen MR) is 83.6 cm³/mol. The molecule has 1 aliphatic heterocycles. The number of carbonyl (C=O) groups is 1. The van der Waals surface area contributed by atoms with Gasteiger partial charge in [-0.25, -0.2) is 4.39 Å². The normalized spacial score (nSPS) is 16.7. The maximum Gasteiger partial charge on any atom is 0.246 e. The van der Waals surface area contributed by atoms with Gasteiger partial charge < -0.3 is 10.6 Å². The lowest BCUT2D eigenvalue weighted by Gasteiger charge is -2.11. The van der Waals surface area contributed by atoms with Crippen LogP contribution in [0, 0.1) is 5.82 Å². The van der Waals surface area contributed by atoms with E-state index in [1.54, 1.807) is 12.1 Å². The molecule has 0 radical (unpaired) electrons. The lowest BCUT2D eigenvalue weighted by atomic mass is 10.1. The van der Waals surface area contributed by atoms with E-state index in [1.807, 2.05) is 18.2 Å². The number of hydrogen-bond acceptors (Lipinski definition) is 2. The van der Waals surface area contributed by atoms with E-state index < -0.39 is 0 Å². The quantitative estimate of drug-likeness (QED) is 0.888. The van der Waals surface area contributed by atoms with Crippen LogP contribution < -0.4 is 10.6 Å². The third-order valence-electron chi connectivity index (χ3n) is 3.52. The Morgan fingerprint density at radius 2 is 1.95 bits per heavy atom. The van der Waals surface area contributed by atoms with Crippen LogP contribution >= 0.6 is 15.9 Å². The van der Waals surface area contributed by atoms with Crippen LogP contribution in [0.2, 0.25) is 0 Å². The topological polar surface area (TPSA) is 41.1 Å². The summed E-state index contributed by atoms with van der Waals surface area (Å²) in [5, 5.41) is 6.11. The van der Waals surface area contributed by atoms with E-state index in [9.17, 15) is 9.18 Å². The van der Waals surface area contributed by atoms with Crippen molar-refractivity contribution in [2.45, 2.75) is 12.5 Å². The molecule has 1 unspecified atom stereocenters. The fourth-order valence-corrected chi connectivity index (χ4v) is 2.81. The molecule has 0 fully saturated rings. The lowest BCUT2D eigenvalue weighted by Crippen LogP contribution is -2.29. The summed E-state index contributed by atoms with van der Waals surface area (Å²) < 4.78 is 13.8. The first-order chi connectivity index (χ1) is 10.1. The van der Waals surface area contributed by atoms with Gasteiger partial charge in [0.25, 0.3) is 0 Å². The number of carbonyl (C=O) groups excluding carboxylic acids is 1. The van der Waals surface area contributed by atoms with Crippen LogP contribution in [-0.4, -0.2) is 12.5 Å². The fraction of sp³-hybridized carbons (Fsp3) is 0.188. The van der Waals surface area contributed by atoms with Crippen molar-refractivity contribution in [2.24, 2.45) is 0 Å².